The Morgan fingerprint density at radius 2 is 1.82 bits per heavy atom. The van der Waals surface area contributed by atoms with Gasteiger partial charge in [0.25, 0.3) is 0 Å². The fourth-order valence-electron chi connectivity index (χ4n) is 4.82. The highest BCUT2D eigenvalue weighted by Crippen LogP contribution is 2.54. The second-order valence-corrected chi connectivity index (χ2v) is 10.1. The number of aromatic nitrogens is 2. The molecule has 1 N–H and O–H groups in total. The van der Waals surface area contributed by atoms with Crippen LogP contribution in [0.5, 0.6) is 0 Å². The van der Waals surface area contributed by atoms with Gasteiger partial charge in [0.1, 0.15) is 0 Å². The van der Waals surface area contributed by atoms with Crippen molar-refractivity contribution in [3.63, 3.8) is 0 Å². The number of nitrogens with zero attached hydrogens (tertiary/aromatic N) is 4. The third kappa shape index (κ3) is 3.59. The summed E-state index contributed by atoms with van der Waals surface area (Å²) >= 11 is 0. The van der Waals surface area contributed by atoms with Gasteiger partial charge in [0, 0.05) is 44.0 Å². The summed E-state index contributed by atoms with van der Waals surface area (Å²) in [7, 11) is -3.52. The molecule has 28 heavy (non-hydrogen) atoms. The fourth-order valence-corrected chi connectivity index (χ4v) is 6.90. The molecule has 2 aliphatic carbocycles. The number of sulfonamides is 1. The summed E-state index contributed by atoms with van der Waals surface area (Å²) in [5.74, 6) is 0.557. The van der Waals surface area contributed by atoms with E-state index < -0.39 is 33.3 Å². The first-order valence-electron chi connectivity index (χ1n) is 9.39. The van der Waals surface area contributed by atoms with Crippen molar-refractivity contribution in [2.75, 3.05) is 36.8 Å². The zero-order valence-corrected chi connectivity index (χ0v) is 16.1. The van der Waals surface area contributed by atoms with Gasteiger partial charge in [-0.2, -0.15) is 17.5 Å². The highest BCUT2D eigenvalue weighted by Gasteiger charge is 2.54. The normalized spacial score (nSPS) is 31.5. The smallest absolute Gasteiger partial charge is 0.393 e. The molecule has 2 saturated carbocycles. The molecule has 3 atom stereocenters. The van der Waals surface area contributed by atoms with Crippen LogP contribution in [0.15, 0.2) is 12.4 Å². The number of halogens is 3. The van der Waals surface area contributed by atoms with Crippen molar-refractivity contribution in [3.05, 3.63) is 18.0 Å². The van der Waals surface area contributed by atoms with E-state index in [0.29, 0.717) is 25.4 Å². The Balaban J connectivity index is 1.38. The topological polar surface area (TPSA) is 86.6 Å². The van der Waals surface area contributed by atoms with E-state index in [1.807, 2.05) is 0 Å². The number of piperazine rings is 1. The molecule has 1 aromatic heterocycles. The molecule has 3 aliphatic rings. The first-order chi connectivity index (χ1) is 13.1. The molecule has 4 rings (SSSR count). The zero-order valence-electron chi connectivity index (χ0n) is 15.3. The molecular weight excluding hydrogens is 397 g/mol. The van der Waals surface area contributed by atoms with Crippen LogP contribution in [0.4, 0.5) is 19.1 Å². The molecule has 1 aliphatic heterocycles. The van der Waals surface area contributed by atoms with E-state index in [4.69, 9.17) is 0 Å². The average molecular weight is 420 g/mol. The number of aliphatic hydroxyl groups is 1. The molecular formula is C17H23F3N4O3S. The summed E-state index contributed by atoms with van der Waals surface area (Å²) in [4.78, 5) is 9.23. The van der Waals surface area contributed by atoms with E-state index in [1.54, 1.807) is 4.90 Å². The molecule has 0 aromatic carbocycles. The minimum absolute atomic E-state index is 0.0333. The second kappa shape index (κ2) is 6.81. The molecule has 7 nitrogen and oxygen atoms in total. The number of alkyl halides is 3. The second-order valence-electron chi connectivity index (χ2n) is 8.13. The van der Waals surface area contributed by atoms with Crippen LogP contribution in [-0.4, -0.2) is 65.8 Å². The van der Waals surface area contributed by atoms with Crippen molar-refractivity contribution in [1.82, 2.24) is 14.3 Å². The monoisotopic (exact) mass is 420 g/mol. The molecule has 0 amide bonds. The Bertz CT molecular complexity index is 825. The molecule has 3 unspecified atom stereocenters. The molecule has 156 valence electrons. The lowest BCUT2D eigenvalue weighted by molar-refractivity contribution is -0.138. The largest absolute Gasteiger partial charge is 0.419 e. The molecule has 11 heteroatoms. The van der Waals surface area contributed by atoms with E-state index in [9.17, 15) is 26.7 Å². The van der Waals surface area contributed by atoms with Gasteiger partial charge >= 0.3 is 6.18 Å². The SMILES string of the molecule is O=S(=O)(CC12CCC(CC1O)C2)N1CCN(c2ncc(C(F)(F)F)cn2)CC1. The molecule has 2 heterocycles. The summed E-state index contributed by atoms with van der Waals surface area (Å²) in [5, 5.41) is 10.3. The summed E-state index contributed by atoms with van der Waals surface area (Å²) in [6, 6.07) is 0. The Kier molecular flexibility index (Phi) is 4.82. The van der Waals surface area contributed by atoms with E-state index in [1.165, 1.54) is 4.31 Å². The van der Waals surface area contributed by atoms with Crippen molar-refractivity contribution < 1.29 is 26.7 Å². The lowest BCUT2D eigenvalue weighted by Gasteiger charge is -2.37. The highest BCUT2D eigenvalue weighted by atomic mass is 32.2. The molecule has 3 fully saturated rings. The standard InChI is InChI=1S/C17H23F3N4O3S/c18-17(19,20)13-9-21-15(22-10-13)23-3-5-24(6-4-23)28(26,27)11-16-2-1-12(8-16)7-14(16)25/h9-10,12,14,25H,1-8,11H2. The van der Waals surface area contributed by atoms with E-state index in [2.05, 4.69) is 9.97 Å². The maximum absolute atomic E-state index is 12.9. The van der Waals surface area contributed by atoms with Gasteiger partial charge in [-0.25, -0.2) is 18.4 Å². The number of fused-ring (bicyclic) bond motifs is 2. The number of rotatable bonds is 4. The van der Waals surface area contributed by atoms with Crippen molar-refractivity contribution in [1.29, 1.82) is 0 Å². The van der Waals surface area contributed by atoms with Crippen LogP contribution < -0.4 is 4.90 Å². The number of anilines is 1. The van der Waals surface area contributed by atoms with E-state index >= 15 is 0 Å². The highest BCUT2D eigenvalue weighted by molar-refractivity contribution is 7.89. The van der Waals surface area contributed by atoms with Crippen LogP contribution >= 0.6 is 0 Å². The lowest BCUT2D eigenvalue weighted by Crippen LogP contribution is -2.52. The first-order valence-corrected chi connectivity index (χ1v) is 11.0. The van der Waals surface area contributed by atoms with Crippen molar-refractivity contribution >= 4 is 16.0 Å². The van der Waals surface area contributed by atoms with Crippen LogP contribution in [0.2, 0.25) is 0 Å². The van der Waals surface area contributed by atoms with Crippen LogP contribution in [0, 0.1) is 11.3 Å². The lowest BCUT2D eigenvalue weighted by atomic mass is 9.84. The van der Waals surface area contributed by atoms with Crippen LogP contribution in [0.1, 0.15) is 31.2 Å². The van der Waals surface area contributed by atoms with Gasteiger partial charge in [-0.05, 0) is 31.6 Å². The predicted molar refractivity (Wildman–Crippen MR) is 95.0 cm³/mol. The third-order valence-corrected chi connectivity index (χ3v) is 8.45. The number of aliphatic hydroxyl groups excluding tert-OH is 1. The van der Waals surface area contributed by atoms with Crippen molar-refractivity contribution in [2.24, 2.45) is 11.3 Å². The molecule has 0 radical (unpaired) electrons. The van der Waals surface area contributed by atoms with Crippen molar-refractivity contribution in [2.45, 2.75) is 38.0 Å². The maximum Gasteiger partial charge on any atom is 0.419 e. The van der Waals surface area contributed by atoms with Gasteiger partial charge in [0.2, 0.25) is 16.0 Å². The average Bonchev–Trinajstić information content (AvgIpc) is 3.17. The van der Waals surface area contributed by atoms with Gasteiger partial charge in [0.15, 0.2) is 0 Å². The molecule has 1 aromatic rings. The van der Waals surface area contributed by atoms with E-state index in [-0.39, 0.29) is 24.8 Å². The van der Waals surface area contributed by atoms with Gasteiger partial charge in [-0.3, -0.25) is 0 Å². The third-order valence-electron chi connectivity index (χ3n) is 6.36. The Morgan fingerprint density at radius 1 is 1.18 bits per heavy atom. The Hall–Kier alpha value is -1.46. The van der Waals surface area contributed by atoms with Gasteiger partial charge in [0.05, 0.1) is 17.4 Å². The van der Waals surface area contributed by atoms with Gasteiger partial charge in [-0.1, -0.05) is 0 Å². The maximum atomic E-state index is 12.9. The summed E-state index contributed by atoms with van der Waals surface area (Å²) < 4.78 is 65.1. The zero-order chi connectivity index (χ0) is 20.2. The van der Waals surface area contributed by atoms with Crippen LogP contribution in [0.25, 0.3) is 0 Å². The van der Waals surface area contributed by atoms with Gasteiger partial charge < -0.3 is 10.0 Å². The molecule has 0 spiro atoms. The van der Waals surface area contributed by atoms with Crippen LogP contribution in [0.3, 0.4) is 0 Å². The summed E-state index contributed by atoms with van der Waals surface area (Å²) in [6.07, 6.45) is -0.382. The first kappa shape index (κ1) is 19.8. The number of hydrogen-bond acceptors (Lipinski definition) is 6. The summed E-state index contributed by atoms with van der Waals surface area (Å²) in [6.45, 7) is 1.07. The minimum atomic E-state index is -4.49. The Morgan fingerprint density at radius 3 is 2.32 bits per heavy atom. The minimum Gasteiger partial charge on any atom is -0.393 e. The quantitative estimate of drug-likeness (QED) is 0.795. The Labute approximate surface area is 161 Å². The molecule has 2 bridgehead atoms. The fraction of sp³-hybridized carbons (Fsp3) is 0.765. The van der Waals surface area contributed by atoms with Crippen molar-refractivity contribution in [3.8, 4) is 0 Å². The summed E-state index contributed by atoms with van der Waals surface area (Å²) in [5.41, 5.74) is -1.43. The predicted octanol–water partition coefficient (Wildman–Crippen LogP) is 1.50. The van der Waals surface area contributed by atoms with Gasteiger partial charge in [-0.15, -0.1) is 0 Å². The number of hydrogen-bond donors (Lipinski definition) is 1. The molecule has 1 saturated heterocycles. The van der Waals surface area contributed by atoms with E-state index in [0.717, 1.165) is 31.7 Å². The van der Waals surface area contributed by atoms with Crippen LogP contribution in [-0.2, 0) is 16.2 Å².